The van der Waals surface area contributed by atoms with E-state index in [-0.39, 0.29) is 43.5 Å². The minimum Gasteiger partial charge on any atom is -0.464 e. The molecule has 0 aliphatic carbocycles. The lowest BCUT2D eigenvalue weighted by Gasteiger charge is -2.37. The Bertz CT molecular complexity index is 1540. The van der Waals surface area contributed by atoms with E-state index >= 15 is 0 Å². The number of aryl methyl sites for hydroxylation is 2. The molecular formula is C32H44N6O8S. The van der Waals surface area contributed by atoms with E-state index < -0.39 is 45.6 Å². The standard InChI is InChI=1S/C32H44N6O8S/c1-5-45-30(41)26(36-29(40)23-20-37(21-23)47(43,44)25-12-8-16-33-18-25)19-34-27(39)13-7-6-11-24-15-14-22-10-9-17-38(28(22)35-24)31(42)46-32(2,3)4/h8,12,14-16,18,23,26H,5-7,9-11,13,17,19-21H2,1-4H3,(H,34,39)(H,36,40). The van der Waals surface area contributed by atoms with Crippen LogP contribution in [0.25, 0.3) is 0 Å². The van der Waals surface area contributed by atoms with Gasteiger partial charge in [0.15, 0.2) is 0 Å². The van der Waals surface area contributed by atoms with E-state index in [1.165, 1.54) is 28.8 Å². The number of rotatable bonds is 13. The summed E-state index contributed by atoms with van der Waals surface area (Å²) in [5.74, 6) is -1.52. The maximum Gasteiger partial charge on any atom is 0.416 e. The molecule has 1 saturated heterocycles. The van der Waals surface area contributed by atoms with Crippen LogP contribution in [0.5, 0.6) is 0 Å². The van der Waals surface area contributed by atoms with Crippen LogP contribution in [0.3, 0.4) is 0 Å². The Hall–Kier alpha value is -4.11. The molecule has 1 unspecified atom stereocenters. The van der Waals surface area contributed by atoms with Gasteiger partial charge in [0.2, 0.25) is 21.8 Å². The van der Waals surface area contributed by atoms with Crippen molar-refractivity contribution in [1.82, 2.24) is 24.9 Å². The quantitative estimate of drug-likeness (QED) is 0.237. The zero-order chi connectivity index (χ0) is 34.2. The lowest BCUT2D eigenvalue weighted by atomic mass is 10.0. The van der Waals surface area contributed by atoms with Crippen LogP contribution in [0.4, 0.5) is 10.6 Å². The number of aromatic nitrogens is 2. The average molecular weight is 673 g/mol. The van der Waals surface area contributed by atoms with Gasteiger partial charge in [-0.15, -0.1) is 0 Å². The molecule has 2 aliphatic rings. The highest BCUT2D eigenvalue weighted by molar-refractivity contribution is 7.89. The Morgan fingerprint density at radius 2 is 1.87 bits per heavy atom. The van der Waals surface area contributed by atoms with Gasteiger partial charge in [-0.1, -0.05) is 6.07 Å². The Morgan fingerprint density at radius 1 is 1.11 bits per heavy atom. The van der Waals surface area contributed by atoms with Gasteiger partial charge in [0.25, 0.3) is 0 Å². The first-order valence-electron chi connectivity index (χ1n) is 15.9. The fourth-order valence-electron chi connectivity index (χ4n) is 5.18. The molecular weight excluding hydrogens is 628 g/mol. The van der Waals surface area contributed by atoms with Crippen molar-refractivity contribution in [3.05, 3.63) is 47.9 Å². The summed E-state index contributed by atoms with van der Waals surface area (Å²) in [4.78, 5) is 61.0. The van der Waals surface area contributed by atoms with Crippen LogP contribution in [-0.4, -0.2) is 91.0 Å². The first-order chi connectivity index (χ1) is 22.3. The van der Waals surface area contributed by atoms with Gasteiger partial charge < -0.3 is 20.1 Å². The molecule has 47 heavy (non-hydrogen) atoms. The number of ether oxygens (including phenoxy) is 2. The first kappa shape index (κ1) is 35.7. The van der Waals surface area contributed by atoms with Crippen molar-refractivity contribution in [1.29, 1.82) is 0 Å². The van der Waals surface area contributed by atoms with Gasteiger partial charge in [-0.2, -0.15) is 4.31 Å². The minimum atomic E-state index is -3.77. The molecule has 0 spiro atoms. The Balaban J connectivity index is 1.22. The number of carbonyl (C=O) groups is 4. The molecule has 14 nitrogen and oxygen atoms in total. The molecule has 0 aromatic carbocycles. The third-order valence-electron chi connectivity index (χ3n) is 7.68. The molecule has 4 heterocycles. The van der Waals surface area contributed by atoms with Gasteiger partial charge in [-0.3, -0.25) is 19.5 Å². The SMILES string of the molecule is CCOC(=O)C(CNC(=O)CCCCc1ccc2c(n1)N(C(=O)OC(C)(C)C)CCC2)NC(=O)C1CN(S(=O)(=O)c2cccnc2)C1. The molecule has 2 aliphatic heterocycles. The smallest absolute Gasteiger partial charge is 0.416 e. The van der Waals surface area contributed by atoms with Crippen LogP contribution in [0.15, 0.2) is 41.6 Å². The maximum atomic E-state index is 12.9. The second-order valence-electron chi connectivity index (χ2n) is 12.6. The number of carbonyl (C=O) groups excluding carboxylic acids is 4. The zero-order valence-electron chi connectivity index (χ0n) is 27.4. The van der Waals surface area contributed by atoms with Gasteiger partial charge in [-0.25, -0.2) is 23.0 Å². The molecule has 2 aromatic rings. The summed E-state index contributed by atoms with van der Waals surface area (Å²) < 4.78 is 37.2. The molecule has 3 amide bonds. The summed E-state index contributed by atoms with van der Waals surface area (Å²) in [5, 5.41) is 5.29. The number of sulfonamides is 1. The minimum absolute atomic E-state index is 0.0368. The second-order valence-corrected chi connectivity index (χ2v) is 14.5. The molecule has 0 radical (unpaired) electrons. The Labute approximate surface area is 275 Å². The summed E-state index contributed by atoms with van der Waals surface area (Å²) in [5.41, 5.74) is 1.20. The van der Waals surface area contributed by atoms with E-state index in [9.17, 15) is 27.6 Å². The predicted molar refractivity (Wildman–Crippen MR) is 172 cm³/mol. The molecule has 2 N–H and O–H groups in total. The highest BCUT2D eigenvalue weighted by Crippen LogP contribution is 2.28. The maximum absolute atomic E-state index is 12.9. The van der Waals surface area contributed by atoms with Crippen molar-refractivity contribution in [2.75, 3.05) is 37.7 Å². The summed E-state index contributed by atoms with van der Waals surface area (Å²) in [6.07, 6.45) is 6.00. The van der Waals surface area contributed by atoms with Gasteiger partial charge >= 0.3 is 12.1 Å². The van der Waals surface area contributed by atoms with Crippen molar-refractivity contribution in [3.63, 3.8) is 0 Å². The molecule has 2 aromatic heterocycles. The van der Waals surface area contributed by atoms with E-state index in [0.29, 0.717) is 31.6 Å². The number of hydrogen-bond acceptors (Lipinski definition) is 10. The summed E-state index contributed by atoms with van der Waals surface area (Å²) in [6.45, 7) is 7.50. The van der Waals surface area contributed by atoms with Crippen molar-refractivity contribution < 1.29 is 37.1 Å². The largest absolute Gasteiger partial charge is 0.464 e. The molecule has 15 heteroatoms. The van der Waals surface area contributed by atoms with E-state index in [4.69, 9.17) is 14.5 Å². The van der Waals surface area contributed by atoms with E-state index in [2.05, 4.69) is 15.6 Å². The second kappa shape index (κ2) is 15.7. The van der Waals surface area contributed by atoms with Crippen LogP contribution in [0, 0.1) is 5.92 Å². The van der Waals surface area contributed by atoms with Gasteiger partial charge in [0.05, 0.1) is 12.5 Å². The third kappa shape index (κ3) is 9.70. The van der Waals surface area contributed by atoms with Crippen LogP contribution in [0.2, 0.25) is 0 Å². The highest BCUT2D eigenvalue weighted by Gasteiger charge is 2.41. The summed E-state index contributed by atoms with van der Waals surface area (Å²) in [6, 6.07) is 5.76. The van der Waals surface area contributed by atoms with Gasteiger partial charge in [0, 0.05) is 50.7 Å². The first-order valence-corrected chi connectivity index (χ1v) is 17.4. The molecule has 256 valence electrons. The Kier molecular flexibility index (Phi) is 11.9. The monoisotopic (exact) mass is 672 g/mol. The number of hydrogen-bond donors (Lipinski definition) is 2. The predicted octanol–water partition coefficient (Wildman–Crippen LogP) is 2.36. The van der Waals surface area contributed by atoms with E-state index in [0.717, 1.165) is 24.1 Å². The number of fused-ring (bicyclic) bond motifs is 1. The fourth-order valence-corrected chi connectivity index (χ4v) is 6.68. The molecule has 1 atom stereocenters. The van der Waals surface area contributed by atoms with Crippen LogP contribution in [-0.2, 0) is 46.7 Å². The average Bonchev–Trinajstić information content (AvgIpc) is 2.99. The van der Waals surface area contributed by atoms with Crippen LogP contribution in [0.1, 0.15) is 64.6 Å². The number of pyridine rings is 2. The number of nitrogens with one attached hydrogen (secondary N) is 2. The lowest BCUT2D eigenvalue weighted by Crippen LogP contribution is -2.59. The third-order valence-corrected chi connectivity index (χ3v) is 9.49. The van der Waals surface area contributed by atoms with E-state index in [1.807, 2.05) is 32.9 Å². The number of anilines is 1. The lowest BCUT2D eigenvalue weighted by molar-refractivity contribution is -0.148. The summed E-state index contributed by atoms with van der Waals surface area (Å²) in [7, 11) is -3.77. The van der Waals surface area contributed by atoms with E-state index in [1.54, 1.807) is 11.8 Å². The number of nitrogens with zero attached hydrogens (tertiary/aromatic N) is 4. The van der Waals surface area contributed by atoms with Crippen molar-refractivity contribution in [2.24, 2.45) is 5.92 Å². The Morgan fingerprint density at radius 3 is 2.55 bits per heavy atom. The number of esters is 1. The molecule has 0 saturated carbocycles. The van der Waals surface area contributed by atoms with Crippen molar-refractivity contribution in [3.8, 4) is 0 Å². The summed E-state index contributed by atoms with van der Waals surface area (Å²) >= 11 is 0. The van der Waals surface area contributed by atoms with Crippen LogP contribution >= 0.6 is 0 Å². The number of unbranched alkanes of at least 4 members (excludes halogenated alkanes) is 1. The molecule has 0 bridgehead atoms. The number of amides is 3. The molecule has 1 fully saturated rings. The highest BCUT2D eigenvalue weighted by atomic mass is 32.2. The van der Waals surface area contributed by atoms with Crippen LogP contribution < -0.4 is 15.5 Å². The van der Waals surface area contributed by atoms with Gasteiger partial charge in [-0.05, 0) is 83.6 Å². The van der Waals surface area contributed by atoms with Crippen molar-refractivity contribution in [2.45, 2.75) is 82.8 Å². The normalized spacial score (nSPS) is 16.0. The van der Waals surface area contributed by atoms with Crippen molar-refractivity contribution >= 4 is 39.7 Å². The zero-order valence-corrected chi connectivity index (χ0v) is 28.2. The topological polar surface area (TPSA) is 177 Å². The van der Waals surface area contributed by atoms with Gasteiger partial charge in [0.1, 0.15) is 22.4 Å². The fraction of sp³-hybridized carbons (Fsp3) is 0.562. The molecule has 4 rings (SSSR count).